The average Bonchev–Trinajstić information content (AvgIpc) is 3.22. The first kappa shape index (κ1) is 20.2. The van der Waals surface area contributed by atoms with Gasteiger partial charge in [-0.2, -0.15) is 11.3 Å². The summed E-state index contributed by atoms with van der Waals surface area (Å²) in [4.78, 5) is 12.5. The molecular weight excluding hydrogens is 352 g/mol. The molecule has 0 radical (unpaired) electrons. The molecule has 2 aromatic heterocycles. The lowest BCUT2D eigenvalue weighted by atomic mass is 9.95. The Morgan fingerprint density at radius 3 is 2.48 bits per heavy atom. The Morgan fingerprint density at radius 1 is 1.19 bits per heavy atom. The lowest BCUT2D eigenvalue weighted by Crippen LogP contribution is -2.17. The largest absolute Gasteiger partial charge is 0.366 e. The highest BCUT2D eigenvalue weighted by molar-refractivity contribution is 7.08. The van der Waals surface area contributed by atoms with Crippen molar-refractivity contribution in [2.45, 2.75) is 90.5 Å². The Kier molecular flexibility index (Phi) is 7.17. The molecule has 3 rings (SSSR count). The molecule has 2 heterocycles. The Labute approximate surface area is 168 Å². The van der Waals surface area contributed by atoms with Crippen molar-refractivity contribution in [2.75, 3.05) is 0 Å². The monoisotopic (exact) mass is 386 g/mol. The van der Waals surface area contributed by atoms with Crippen LogP contribution in [0.4, 0.5) is 0 Å². The number of primary amides is 1. The molecule has 1 aliphatic rings. The number of carbonyl (C=O) groups excluding carboxylic acids is 1. The maximum atomic E-state index is 12.5. The Morgan fingerprint density at radius 2 is 1.89 bits per heavy atom. The van der Waals surface area contributed by atoms with Crippen LogP contribution in [0.2, 0.25) is 0 Å². The summed E-state index contributed by atoms with van der Waals surface area (Å²) >= 11 is 1.69. The second-order valence-electron chi connectivity index (χ2n) is 7.98. The van der Waals surface area contributed by atoms with Crippen molar-refractivity contribution in [3.05, 3.63) is 33.8 Å². The van der Waals surface area contributed by atoms with Gasteiger partial charge in [-0.25, -0.2) is 0 Å². The number of carbonyl (C=O) groups is 1. The van der Waals surface area contributed by atoms with Gasteiger partial charge in [-0.15, -0.1) is 0 Å². The molecule has 0 aromatic carbocycles. The van der Waals surface area contributed by atoms with Crippen LogP contribution >= 0.6 is 11.3 Å². The molecule has 0 aliphatic heterocycles. The molecule has 4 heteroatoms. The molecule has 27 heavy (non-hydrogen) atoms. The van der Waals surface area contributed by atoms with Gasteiger partial charge >= 0.3 is 0 Å². The number of rotatable bonds is 7. The molecule has 0 bridgehead atoms. The third-order valence-corrected chi connectivity index (χ3v) is 6.75. The number of nitrogens with zero attached hydrogens (tertiary/aromatic N) is 1. The zero-order chi connectivity index (χ0) is 19.2. The van der Waals surface area contributed by atoms with Crippen LogP contribution in [0.1, 0.15) is 98.9 Å². The van der Waals surface area contributed by atoms with Crippen molar-refractivity contribution in [1.29, 1.82) is 0 Å². The third-order valence-electron chi connectivity index (χ3n) is 6.07. The fourth-order valence-corrected chi connectivity index (χ4v) is 5.41. The highest BCUT2D eigenvalue weighted by Gasteiger charge is 2.28. The van der Waals surface area contributed by atoms with Crippen LogP contribution in [0.15, 0.2) is 16.8 Å². The minimum Gasteiger partial charge on any atom is -0.366 e. The van der Waals surface area contributed by atoms with E-state index in [9.17, 15) is 4.79 Å². The van der Waals surface area contributed by atoms with E-state index < -0.39 is 0 Å². The van der Waals surface area contributed by atoms with Crippen molar-refractivity contribution in [3.8, 4) is 11.1 Å². The van der Waals surface area contributed by atoms with E-state index in [-0.39, 0.29) is 5.91 Å². The third kappa shape index (κ3) is 4.48. The smallest absolute Gasteiger partial charge is 0.251 e. The molecule has 3 nitrogen and oxygen atoms in total. The lowest BCUT2D eigenvalue weighted by molar-refractivity contribution is 0.1000. The predicted octanol–water partition coefficient (Wildman–Crippen LogP) is 6.64. The Balaban J connectivity index is 2.11. The van der Waals surface area contributed by atoms with Gasteiger partial charge in [0.2, 0.25) is 0 Å². The van der Waals surface area contributed by atoms with Gasteiger partial charge in [0.1, 0.15) is 0 Å². The van der Waals surface area contributed by atoms with Crippen molar-refractivity contribution in [2.24, 2.45) is 5.73 Å². The Hall–Kier alpha value is -1.55. The van der Waals surface area contributed by atoms with Crippen LogP contribution in [0.5, 0.6) is 0 Å². The fourth-order valence-electron chi connectivity index (χ4n) is 4.76. The number of unbranched alkanes of at least 4 members (excludes halogenated alkanes) is 2. The normalized spacial score (nSPS) is 16.2. The number of hydrogen-bond acceptors (Lipinski definition) is 2. The van der Waals surface area contributed by atoms with Gasteiger partial charge in [-0.3, -0.25) is 4.79 Å². The highest BCUT2D eigenvalue weighted by atomic mass is 32.1. The highest BCUT2D eigenvalue weighted by Crippen LogP contribution is 2.39. The van der Waals surface area contributed by atoms with Crippen LogP contribution < -0.4 is 5.73 Å². The number of thiophene rings is 1. The summed E-state index contributed by atoms with van der Waals surface area (Å²) in [6.07, 6.45) is 13.7. The summed E-state index contributed by atoms with van der Waals surface area (Å²) in [5.74, 6) is -0.282. The summed E-state index contributed by atoms with van der Waals surface area (Å²) < 4.78 is 2.52. The van der Waals surface area contributed by atoms with Crippen molar-refractivity contribution >= 4 is 17.2 Å². The van der Waals surface area contributed by atoms with Crippen LogP contribution in [-0.2, 0) is 6.42 Å². The number of amides is 1. The van der Waals surface area contributed by atoms with E-state index in [2.05, 4.69) is 35.2 Å². The summed E-state index contributed by atoms with van der Waals surface area (Å²) in [5.41, 5.74) is 11.3. The van der Waals surface area contributed by atoms with Crippen LogP contribution in [0.25, 0.3) is 11.1 Å². The SMILES string of the molecule is CCCCCc1c(-c2ccsc2)c(C(N)=O)c(C)n1C1CCCCCCC1. The fraction of sp³-hybridized carbons (Fsp3) is 0.609. The topological polar surface area (TPSA) is 48.0 Å². The van der Waals surface area contributed by atoms with E-state index in [4.69, 9.17) is 5.73 Å². The summed E-state index contributed by atoms with van der Waals surface area (Å²) in [6, 6.07) is 2.64. The van der Waals surface area contributed by atoms with Gasteiger partial charge in [0, 0.05) is 23.0 Å². The Bertz CT molecular complexity index is 737. The summed E-state index contributed by atoms with van der Waals surface area (Å²) in [6.45, 7) is 4.35. The second kappa shape index (κ2) is 9.59. The second-order valence-corrected chi connectivity index (χ2v) is 8.76. The molecule has 0 atom stereocenters. The molecule has 2 N–H and O–H groups in total. The first-order chi connectivity index (χ1) is 13.1. The summed E-state index contributed by atoms with van der Waals surface area (Å²) in [5, 5.41) is 4.26. The molecule has 1 aliphatic carbocycles. The van der Waals surface area contributed by atoms with Gasteiger partial charge in [0.25, 0.3) is 5.91 Å². The standard InChI is InChI=1S/C23H34N2OS/c1-3-4-8-13-20-22(18-14-15-27-16-18)21(23(24)26)17(2)25(20)19-11-9-6-5-7-10-12-19/h14-16,19H,3-13H2,1-2H3,(H2,24,26). The minimum atomic E-state index is -0.282. The molecule has 0 unspecified atom stereocenters. The lowest BCUT2D eigenvalue weighted by Gasteiger charge is -2.26. The predicted molar refractivity (Wildman–Crippen MR) is 116 cm³/mol. The van der Waals surface area contributed by atoms with Crippen LogP contribution in [0, 0.1) is 6.92 Å². The quantitative estimate of drug-likeness (QED) is 0.533. The molecule has 1 amide bonds. The number of aromatic nitrogens is 1. The van der Waals surface area contributed by atoms with E-state index in [1.54, 1.807) is 11.3 Å². The van der Waals surface area contributed by atoms with Crippen molar-refractivity contribution in [1.82, 2.24) is 4.57 Å². The van der Waals surface area contributed by atoms with Gasteiger partial charge in [0.05, 0.1) is 5.56 Å². The maximum absolute atomic E-state index is 12.5. The number of hydrogen-bond donors (Lipinski definition) is 1. The van der Waals surface area contributed by atoms with Gasteiger partial charge in [-0.1, -0.05) is 51.9 Å². The van der Waals surface area contributed by atoms with Gasteiger partial charge < -0.3 is 10.3 Å². The van der Waals surface area contributed by atoms with E-state index in [0.717, 1.165) is 28.8 Å². The van der Waals surface area contributed by atoms with E-state index in [0.29, 0.717) is 6.04 Å². The first-order valence-corrected chi connectivity index (χ1v) is 11.7. The number of nitrogens with two attached hydrogens (primary N) is 1. The van der Waals surface area contributed by atoms with Crippen molar-refractivity contribution in [3.63, 3.8) is 0 Å². The van der Waals surface area contributed by atoms with Crippen LogP contribution in [0.3, 0.4) is 0 Å². The van der Waals surface area contributed by atoms with E-state index in [1.807, 2.05) is 0 Å². The molecule has 0 spiro atoms. The van der Waals surface area contributed by atoms with E-state index >= 15 is 0 Å². The minimum absolute atomic E-state index is 0.282. The molecule has 1 fully saturated rings. The summed E-state index contributed by atoms with van der Waals surface area (Å²) in [7, 11) is 0. The first-order valence-electron chi connectivity index (χ1n) is 10.7. The molecule has 148 valence electrons. The zero-order valence-corrected chi connectivity index (χ0v) is 17.7. The molecule has 0 saturated heterocycles. The molecule has 2 aromatic rings. The molecule has 1 saturated carbocycles. The molecular formula is C23H34N2OS. The zero-order valence-electron chi connectivity index (χ0n) is 16.9. The maximum Gasteiger partial charge on any atom is 0.251 e. The van der Waals surface area contributed by atoms with Gasteiger partial charge in [-0.05, 0) is 55.0 Å². The van der Waals surface area contributed by atoms with Gasteiger partial charge in [0.15, 0.2) is 0 Å². The van der Waals surface area contributed by atoms with E-state index in [1.165, 1.54) is 69.9 Å². The van der Waals surface area contributed by atoms with Crippen molar-refractivity contribution < 1.29 is 4.79 Å². The van der Waals surface area contributed by atoms with Crippen LogP contribution in [-0.4, -0.2) is 10.5 Å². The average molecular weight is 387 g/mol.